The molecular weight excluding hydrogens is 481 g/mol. The van der Waals surface area contributed by atoms with Gasteiger partial charge in [-0.2, -0.15) is 0 Å². The van der Waals surface area contributed by atoms with Crippen LogP contribution < -0.4 is 15.5 Å². The molecule has 4 rings (SSSR count). The zero-order chi connectivity index (χ0) is 25.5. The molecule has 3 amide bonds. The third-order valence-corrected chi connectivity index (χ3v) is 6.32. The highest BCUT2D eigenvalue weighted by Crippen LogP contribution is 2.30. The van der Waals surface area contributed by atoms with Crippen molar-refractivity contribution in [2.75, 3.05) is 11.4 Å². The van der Waals surface area contributed by atoms with E-state index in [1.54, 1.807) is 60.0 Å². The number of nitrogens with zero attached hydrogens (tertiary/aromatic N) is 1. The van der Waals surface area contributed by atoms with Crippen LogP contribution in [0.2, 0.25) is 0 Å². The van der Waals surface area contributed by atoms with Crippen LogP contribution in [0.3, 0.4) is 0 Å². The fourth-order valence-electron chi connectivity index (χ4n) is 3.66. The van der Waals surface area contributed by atoms with Crippen LogP contribution in [0.15, 0.2) is 88.9 Å². The summed E-state index contributed by atoms with van der Waals surface area (Å²) in [6, 6.07) is 18.2. The molecule has 184 valence electrons. The van der Waals surface area contributed by atoms with Crippen LogP contribution in [-0.2, 0) is 16.1 Å². The van der Waals surface area contributed by atoms with E-state index in [9.17, 15) is 14.4 Å². The third-order valence-electron chi connectivity index (χ3n) is 5.45. The molecule has 0 aliphatic rings. The van der Waals surface area contributed by atoms with Gasteiger partial charge in [-0.1, -0.05) is 42.0 Å². The minimum Gasteiger partial charge on any atom is -0.467 e. The van der Waals surface area contributed by atoms with Crippen LogP contribution in [0.25, 0.3) is 0 Å². The number of amides is 3. The Hall–Kier alpha value is -4.24. The number of furan rings is 1. The Morgan fingerprint density at radius 1 is 0.972 bits per heavy atom. The van der Waals surface area contributed by atoms with Gasteiger partial charge in [0.2, 0.25) is 11.8 Å². The summed E-state index contributed by atoms with van der Waals surface area (Å²) in [5.41, 5.74) is 1.35. The number of nitrogens with one attached hydrogen (secondary N) is 2. The SMILES string of the molecule is Cc1ccc(N(C(=O)CNC(=O)c2cccs2)[C@H](C(=O)NCc2ccco2)c2ccccc2F)cc1. The molecule has 2 aromatic carbocycles. The highest BCUT2D eigenvalue weighted by molar-refractivity contribution is 7.12. The zero-order valence-electron chi connectivity index (χ0n) is 19.4. The first kappa shape index (κ1) is 24.9. The maximum absolute atomic E-state index is 15.0. The number of rotatable bonds is 9. The second-order valence-electron chi connectivity index (χ2n) is 7.98. The monoisotopic (exact) mass is 505 g/mol. The second-order valence-corrected chi connectivity index (χ2v) is 8.93. The number of benzene rings is 2. The maximum Gasteiger partial charge on any atom is 0.261 e. The van der Waals surface area contributed by atoms with E-state index in [0.717, 1.165) is 5.56 Å². The summed E-state index contributed by atoms with van der Waals surface area (Å²) >= 11 is 1.24. The number of halogens is 1. The molecule has 0 fully saturated rings. The van der Waals surface area contributed by atoms with Gasteiger partial charge in [-0.25, -0.2) is 4.39 Å². The van der Waals surface area contributed by atoms with Gasteiger partial charge in [0, 0.05) is 11.3 Å². The van der Waals surface area contributed by atoms with Crippen molar-refractivity contribution in [3.63, 3.8) is 0 Å². The van der Waals surface area contributed by atoms with E-state index in [2.05, 4.69) is 10.6 Å². The maximum atomic E-state index is 15.0. The first-order valence-corrected chi connectivity index (χ1v) is 12.1. The van der Waals surface area contributed by atoms with Crippen molar-refractivity contribution in [2.24, 2.45) is 0 Å². The molecule has 0 spiro atoms. The molecule has 0 aliphatic carbocycles. The number of aryl methyl sites for hydroxylation is 1. The Morgan fingerprint density at radius 2 is 1.75 bits per heavy atom. The lowest BCUT2D eigenvalue weighted by atomic mass is 10.0. The van der Waals surface area contributed by atoms with Crippen LogP contribution >= 0.6 is 11.3 Å². The summed E-state index contributed by atoms with van der Waals surface area (Å²) in [6.07, 6.45) is 1.48. The van der Waals surface area contributed by atoms with Gasteiger partial charge >= 0.3 is 0 Å². The summed E-state index contributed by atoms with van der Waals surface area (Å²) < 4.78 is 20.3. The molecule has 2 aromatic heterocycles. The number of thiophene rings is 1. The van der Waals surface area contributed by atoms with Gasteiger partial charge in [0.25, 0.3) is 5.91 Å². The Kier molecular flexibility index (Phi) is 7.92. The van der Waals surface area contributed by atoms with Crippen molar-refractivity contribution in [2.45, 2.75) is 19.5 Å². The van der Waals surface area contributed by atoms with Crippen molar-refractivity contribution in [1.29, 1.82) is 0 Å². The fraction of sp³-hybridized carbons (Fsp3) is 0.148. The second kappa shape index (κ2) is 11.5. The molecule has 0 saturated heterocycles. The van der Waals surface area contributed by atoms with E-state index in [1.165, 1.54) is 40.7 Å². The van der Waals surface area contributed by atoms with Crippen LogP contribution in [0.5, 0.6) is 0 Å². The van der Waals surface area contributed by atoms with E-state index >= 15 is 4.39 Å². The minimum absolute atomic E-state index is 0.0213. The van der Waals surface area contributed by atoms with E-state index < -0.39 is 29.6 Å². The quantitative estimate of drug-likeness (QED) is 0.348. The smallest absolute Gasteiger partial charge is 0.261 e. The summed E-state index contributed by atoms with van der Waals surface area (Å²) in [5.74, 6) is -1.72. The highest BCUT2D eigenvalue weighted by Gasteiger charge is 2.34. The topological polar surface area (TPSA) is 91.7 Å². The van der Waals surface area contributed by atoms with E-state index in [0.29, 0.717) is 16.3 Å². The van der Waals surface area contributed by atoms with Gasteiger partial charge in [-0.05, 0) is 48.7 Å². The lowest BCUT2D eigenvalue weighted by Crippen LogP contribution is -2.47. The number of carbonyl (C=O) groups is 3. The third kappa shape index (κ3) is 5.87. The summed E-state index contributed by atoms with van der Waals surface area (Å²) in [6.45, 7) is 1.56. The number of carbonyl (C=O) groups excluding carboxylic acids is 3. The largest absolute Gasteiger partial charge is 0.467 e. The van der Waals surface area contributed by atoms with Crippen LogP contribution in [-0.4, -0.2) is 24.3 Å². The Bertz CT molecular complexity index is 1320. The molecule has 0 saturated carbocycles. The number of hydrogen-bond acceptors (Lipinski definition) is 5. The summed E-state index contributed by atoms with van der Waals surface area (Å²) in [4.78, 5) is 41.2. The molecule has 4 aromatic rings. The van der Waals surface area contributed by atoms with E-state index in [-0.39, 0.29) is 18.7 Å². The van der Waals surface area contributed by atoms with E-state index in [1.807, 2.05) is 6.92 Å². The zero-order valence-corrected chi connectivity index (χ0v) is 20.3. The van der Waals surface area contributed by atoms with Crippen LogP contribution in [0, 0.1) is 12.7 Å². The van der Waals surface area contributed by atoms with Gasteiger partial charge < -0.3 is 15.1 Å². The van der Waals surface area contributed by atoms with Crippen molar-refractivity contribution in [3.05, 3.63) is 112 Å². The first-order chi connectivity index (χ1) is 17.4. The fourth-order valence-corrected chi connectivity index (χ4v) is 4.30. The Balaban J connectivity index is 1.68. The lowest BCUT2D eigenvalue weighted by Gasteiger charge is -2.32. The van der Waals surface area contributed by atoms with Gasteiger partial charge in [-0.15, -0.1) is 11.3 Å². The molecule has 9 heteroatoms. The standard InChI is InChI=1S/C27H24FN3O4S/c1-18-10-12-19(13-11-18)31(24(32)17-30-26(33)23-9-5-15-36-23)25(21-7-2-3-8-22(21)28)27(34)29-16-20-6-4-14-35-20/h2-15,25H,16-17H2,1H3,(H,29,34)(H,30,33)/t25-/m0/s1. The summed E-state index contributed by atoms with van der Waals surface area (Å²) in [7, 11) is 0. The average molecular weight is 506 g/mol. The predicted molar refractivity (Wildman–Crippen MR) is 135 cm³/mol. The molecule has 2 heterocycles. The Labute approximate surface area is 211 Å². The average Bonchev–Trinajstić information content (AvgIpc) is 3.60. The molecule has 0 bridgehead atoms. The lowest BCUT2D eigenvalue weighted by molar-refractivity contribution is -0.126. The van der Waals surface area contributed by atoms with Gasteiger partial charge in [0.15, 0.2) is 0 Å². The normalized spacial score (nSPS) is 11.5. The van der Waals surface area contributed by atoms with Crippen LogP contribution in [0.1, 0.15) is 32.6 Å². The van der Waals surface area contributed by atoms with Crippen molar-refractivity contribution in [1.82, 2.24) is 10.6 Å². The predicted octanol–water partition coefficient (Wildman–Crippen LogP) is 4.61. The molecule has 2 N–H and O–H groups in total. The number of hydrogen-bond donors (Lipinski definition) is 2. The Morgan fingerprint density at radius 3 is 2.42 bits per heavy atom. The molecule has 0 radical (unpaired) electrons. The molecule has 7 nitrogen and oxygen atoms in total. The van der Waals surface area contributed by atoms with Crippen molar-refractivity contribution < 1.29 is 23.2 Å². The van der Waals surface area contributed by atoms with Gasteiger partial charge in [0.1, 0.15) is 17.6 Å². The summed E-state index contributed by atoms with van der Waals surface area (Å²) in [5, 5.41) is 7.09. The molecule has 0 unspecified atom stereocenters. The van der Waals surface area contributed by atoms with Crippen molar-refractivity contribution >= 4 is 34.7 Å². The van der Waals surface area contributed by atoms with E-state index in [4.69, 9.17) is 4.42 Å². The highest BCUT2D eigenvalue weighted by atomic mass is 32.1. The molecular formula is C27H24FN3O4S. The van der Waals surface area contributed by atoms with Gasteiger partial charge in [0.05, 0.1) is 24.2 Å². The molecule has 0 aliphatic heterocycles. The number of anilines is 1. The molecule has 36 heavy (non-hydrogen) atoms. The van der Waals surface area contributed by atoms with Crippen LogP contribution in [0.4, 0.5) is 10.1 Å². The van der Waals surface area contributed by atoms with Crippen molar-refractivity contribution in [3.8, 4) is 0 Å². The molecule has 1 atom stereocenters. The van der Waals surface area contributed by atoms with Gasteiger partial charge in [-0.3, -0.25) is 19.3 Å². The first-order valence-electron chi connectivity index (χ1n) is 11.2. The minimum atomic E-state index is -1.34.